The van der Waals surface area contributed by atoms with E-state index in [9.17, 15) is 14.4 Å². The Morgan fingerprint density at radius 3 is 1.95 bits per heavy atom. The molecular weight excluding hydrogens is 252 g/mol. The fourth-order valence-corrected chi connectivity index (χ4v) is 1.19. The maximum Gasteiger partial charge on any atom is 0.309 e. The number of rotatable bonds is 8. The van der Waals surface area contributed by atoms with Crippen LogP contribution in [0, 0.1) is 0 Å². The lowest BCUT2D eigenvalue weighted by Crippen LogP contribution is -2.29. The summed E-state index contributed by atoms with van der Waals surface area (Å²) in [5.74, 6) is -1.35. The Hall–Kier alpha value is -1.59. The number of ether oxygens (including phenoxy) is 3. The Balaban J connectivity index is 4.36. The van der Waals surface area contributed by atoms with Crippen LogP contribution >= 0.6 is 0 Å². The highest BCUT2D eigenvalue weighted by atomic mass is 16.6. The predicted molar refractivity (Wildman–Crippen MR) is 67.3 cm³/mol. The summed E-state index contributed by atoms with van der Waals surface area (Å²) in [5, 5.41) is 0. The van der Waals surface area contributed by atoms with Gasteiger partial charge in [-0.25, -0.2) is 0 Å². The van der Waals surface area contributed by atoms with Gasteiger partial charge in [0.05, 0.1) is 12.5 Å². The zero-order chi connectivity index (χ0) is 14.8. The molecule has 0 aliphatic heterocycles. The number of hydrogen-bond donors (Lipinski definition) is 0. The molecule has 0 radical (unpaired) electrons. The smallest absolute Gasteiger partial charge is 0.309 e. The van der Waals surface area contributed by atoms with Crippen LogP contribution in [0.15, 0.2) is 0 Å². The molecule has 0 saturated carbocycles. The standard InChI is InChI=1S/C13H22O6/c1-5-11(14)17-8-10(19-12(15)6-2)7-13(16)18-9(3)4/h9-10H,5-8H2,1-4H3. The summed E-state index contributed by atoms with van der Waals surface area (Å²) in [6.07, 6.45) is -0.745. The maximum absolute atomic E-state index is 11.5. The highest BCUT2D eigenvalue weighted by Gasteiger charge is 2.21. The average molecular weight is 274 g/mol. The van der Waals surface area contributed by atoms with Crippen molar-refractivity contribution in [2.24, 2.45) is 0 Å². The van der Waals surface area contributed by atoms with E-state index in [1.807, 2.05) is 0 Å². The van der Waals surface area contributed by atoms with E-state index in [0.29, 0.717) is 0 Å². The molecule has 0 aromatic heterocycles. The van der Waals surface area contributed by atoms with Gasteiger partial charge in [-0.3, -0.25) is 14.4 Å². The Kier molecular flexibility index (Phi) is 8.57. The van der Waals surface area contributed by atoms with E-state index in [0.717, 1.165) is 0 Å². The van der Waals surface area contributed by atoms with E-state index in [-0.39, 0.29) is 32.0 Å². The van der Waals surface area contributed by atoms with Crippen LogP contribution in [0.5, 0.6) is 0 Å². The van der Waals surface area contributed by atoms with Crippen LogP contribution in [-0.4, -0.2) is 36.7 Å². The van der Waals surface area contributed by atoms with Crippen LogP contribution in [0.3, 0.4) is 0 Å². The fraction of sp³-hybridized carbons (Fsp3) is 0.769. The van der Waals surface area contributed by atoms with Crippen LogP contribution in [0.1, 0.15) is 47.0 Å². The van der Waals surface area contributed by atoms with Gasteiger partial charge in [0.15, 0.2) is 0 Å². The van der Waals surface area contributed by atoms with Crippen molar-refractivity contribution in [3.05, 3.63) is 0 Å². The Morgan fingerprint density at radius 2 is 1.47 bits per heavy atom. The van der Waals surface area contributed by atoms with Crippen molar-refractivity contribution in [2.75, 3.05) is 6.61 Å². The minimum absolute atomic E-state index is 0.124. The predicted octanol–water partition coefficient (Wildman–Crippen LogP) is 1.60. The molecule has 0 rings (SSSR count). The minimum Gasteiger partial charge on any atom is -0.463 e. The molecular formula is C13H22O6. The monoisotopic (exact) mass is 274 g/mol. The van der Waals surface area contributed by atoms with E-state index in [4.69, 9.17) is 14.2 Å². The van der Waals surface area contributed by atoms with E-state index >= 15 is 0 Å². The largest absolute Gasteiger partial charge is 0.463 e. The van der Waals surface area contributed by atoms with E-state index in [2.05, 4.69) is 0 Å². The molecule has 0 fully saturated rings. The number of carbonyl (C=O) groups is 3. The quantitative estimate of drug-likeness (QED) is 0.494. The van der Waals surface area contributed by atoms with Crippen LogP contribution in [-0.2, 0) is 28.6 Å². The molecule has 19 heavy (non-hydrogen) atoms. The summed E-state index contributed by atoms with van der Waals surface area (Å²) in [6.45, 7) is 6.61. The fourth-order valence-electron chi connectivity index (χ4n) is 1.19. The first-order valence-corrected chi connectivity index (χ1v) is 6.43. The van der Waals surface area contributed by atoms with Crippen LogP contribution < -0.4 is 0 Å². The van der Waals surface area contributed by atoms with Crippen molar-refractivity contribution < 1.29 is 28.6 Å². The van der Waals surface area contributed by atoms with Crippen molar-refractivity contribution in [3.8, 4) is 0 Å². The minimum atomic E-state index is -0.797. The molecule has 0 bridgehead atoms. The maximum atomic E-state index is 11.5. The molecule has 6 nitrogen and oxygen atoms in total. The lowest BCUT2D eigenvalue weighted by Gasteiger charge is -2.17. The average Bonchev–Trinajstić information content (AvgIpc) is 2.34. The van der Waals surface area contributed by atoms with Crippen molar-refractivity contribution in [2.45, 2.75) is 59.2 Å². The molecule has 6 heteroatoms. The van der Waals surface area contributed by atoms with Gasteiger partial charge in [0.25, 0.3) is 0 Å². The van der Waals surface area contributed by atoms with Gasteiger partial charge in [-0.05, 0) is 13.8 Å². The molecule has 0 N–H and O–H groups in total. The summed E-state index contributed by atoms with van der Waals surface area (Å²) in [5.41, 5.74) is 0. The van der Waals surface area contributed by atoms with Crippen LogP contribution in [0.25, 0.3) is 0 Å². The van der Waals surface area contributed by atoms with Gasteiger partial charge in [-0.15, -0.1) is 0 Å². The first-order chi connectivity index (χ1) is 8.88. The molecule has 0 amide bonds. The molecule has 0 aromatic carbocycles. The highest BCUT2D eigenvalue weighted by Crippen LogP contribution is 2.06. The second-order valence-corrected chi connectivity index (χ2v) is 4.24. The molecule has 0 heterocycles. The van der Waals surface area contributed by atoms with Crippen LogP contribution in [0.4, 0.5) is 0 Å². The molecule has 0 spiro atoms. The van der Waals surface area contributed by atoms with Gasteiger partial charge in [0.2, 0.25) is 0 Å². The second-order valence-electron chi connectivity index (χ2n) is 4.24. The van der Waals surface area contributed by atoms with Gasteiger partial charge >= 0.3 is 17.9 Å². The highest BCUT2D eigenvalue weighted by molar-refractivity contribution is 5.73. The molecule has 0 aromatic rings. The first-order valence-electron chi connectivity index (χ1n) is 6.43. The van der Waals surface area contributed by atoms with E-state index in [1.165, 1.54) is 0 Å². The first kappa shape index (κ1) is 17.4. The van der Waals surface area contributed by atoms with E-state index in [1.54, 1.807) is 27.7 Å². The van der Waals surface area contributed by atoms with Crippen molar-refractivity contribution >= 4 is 17.9 Å². The molecule has 0 saturated heterocycles. The normalized spacial score (nSPS) is 11.8. The molecule has 1 unspecified atom stereocenters. The lowest BCUT2D eigenvalue weighted by atomic mass is 10.2. The third-order valence-electron chi connectivity index (χ3n) is 2.07. The Labute approximate surface area is 113 Å². The zero-order valence-corrected chi connectivity index (χ0v) is 11.9. The molecule has 110 valence electrons. The molecule has 0 aliphatic rings. The third-order valence-corrected chi connectivity index (χ3v) is 2.07. The molecule has 0 aliphatic carbocycles. The van der Waals surface area contributed by atoms with Crippen LogP contribution in [0.2, 0.25) is 0 Å². The lowest BCUT2D eigenvalue weighted by molar-refractivity contribution is -0.164. The SMILES string of the molecule is CCC(=O)OCC(CC(=O)OC(C)C)OC(=O)CC. The van der Waals surface area contributed by atoms with Crippen molar-refractivity contribution in [1.29, 1.82) is 0 Å². The van der Waals surface area contributed by atoms with Gasteiger partial charge in [-0.2, -0.15) is 0 Å². The zero-order valence-electron chi connectivity index (χ0n) is 11.9. The van der Waals surface area contributed by atoms with Crippen molar-refractivity contribution in [3.63, 3.8) is 0 Å². The van der Waals surface area contributed by atoms with Gasteiger partial charge in [0, 0.05) is 12.8 Å². The second kappa shape index (κ2) is 9.35. The topological polar surface area (TPSA) is 78.9 Å². The third kappa shape index (κ3) is 9.04. The number of hydrogen-bond acceptors (Lipinski definition) is 6. The Morgan fingerprint density at radius 1 is 0.895 bits per heavy atom. The number of esters is 3. The summed E-state index contributed by atoms with van der Waals surface area (Å²) < 4.78 is 14.9. The van der Waals surface area contributed by atoms with Gasteiger partial charge in [0.1, 0.15) is 12.7 Å². The summed E-state index contributed by atoms with van der Waals surface area (Å²) in [7, 11) is 0. The summed E-state index contributed by atoms with van der Waals surface area (Å²) >= 11 is 0. The van der Waals surface area contributed by atoms with Gasteiger partial charge < -0.3 is 14.2 Å². The number of carbonyl (C=O) groups excluding carboxylic acids is 3. The summed E-state index contributed by atoms with van der Waals surface area (Å²) in [6, 6.07) is 0. The molecule has 1 atom stereocenters. The van der Waals surface area contributed by atoms with E-state index < -0.39 is 24.0 Å². The Bertz CT molecular complexity index is 310. The van der Waals surface area contributed by atoms with Gasteiger partial charge in [-0.1, -0.05) is 13.8 Å². The van der Waals surface area contributed by atoms with Crippen molar-refractivity contribution in [1.82, 2.24) is 0 Å². The summed E-state index contributed by atoms with van der Waals surface area (Å²) in [4.78, 5) is 33.8.